The van der Waals surface area contributed by atoms with Gasteiger partial charge in [0, 0.05) is 16.5 Å². The summed E-state index contributed by atoms with van der Waals surface area (Å²) in [6.45, 7) is 4.45. The van der Waals surface area contributed by atoms with Gasteiger partial charge in [-0.25, -0.2) is 0 Å². The normalized spacial score (nSPS) is 10.6. The first kappa shape index (κ1) is 16.3. The Kier molecular flexibility index (Phi) is 4.71. The molecule has 0 saturated heterocycles. The second-order valence-corrected chi connectivity index (χ2v) is 6.36. The number of fused-ring (bicyclic) bond motifs is 1. The molecule has 1 heterocycles. The molecule has 3 aromatic rings. The van der Waals surface area contributed by atoms with Gasteiger partial charge in [-0.15, -0.1) is 11.3 Å². The molecular formula is C19H19NO3S. The van der Waals surface area contributed by atoms with Crippen LogP contribution < -0.4 is 14.8 Å². The molecular weight excluding hydrogens is 322 g/mol. The molecule has 124 valence electrons. The number of hydrogen-bond donors (Lipinski definition) is 1. The van der Waals surface area contributed by atoms with Gasteiger partial charge in [-0.3, -0.25) is 4.79 Å². The van der Waals surface area contributed by atoms with E-state index in [1.54, 1.807) is 19.2 Å². The van der Waals surface area contributed by atoms with Crippen molar-refractivity contribution in [3.05, 3.63) is 52.9 Å². The average Bonchev–Trinajstić information content (AvgIpc) is 2.94. The molecule has 3 rings (SSSR count). The zero-order valence-electron chi connectivity index (χ0n) is 13.9. The van der Waals surface area contributed by atoms with Crippen LogP contribution in [0.2, 0.25) is 0 Å². The maximum atomic E-state index is 12.6. The number of aryl methyl sites for hydroxylation is 1. The van der Waals surface area contributed by atoms with Gasteiger partial charge in [0.25, 0.3) is 5.91 Å². The number of amides is 1. The minimum atomic E-state index is -0.111. The van der Waals surface area contributed by atoms with Gasteiger partial charge in [-0.2, -0.15) is 0 Å². The molecule has 1 N–H and O–H groups in total. The molecule has 0 aliphatic carbocycles. The minimum absolute atomic E-state index is 0.111. The van der Waals surface area contributed by atoms with Crippen molar-refractivity contribution < 1.29 is 14.3 Å². The number of rotatable bonds is 5. The molecule has 1 amide bonds. The molecule has 0 aliphatic rings. The summed E-state index contributed by atoms with van der Waals surface area (Å²) in [5.74, 6) is 1.15. The lowest BCUT2D eigenvalue weighted by molar-refractivity contribution is 0.103. The number of nitrogens with one attached hydrogen (secondary N) is 1. The summed E-state index contributed by atoms with van der Waals surface area (Å²) in [5.41, 5.74) is 1.68. The summed E-state index contributed by atoms with van der Waals surface area (Å²) in [6, 6.07) is 13.4. The van der Waals surface area contributed by atoms with Crippen molar-refractivity contribution in [3.63, 3.8) is 0 Å². The largest absolute Gasteiger partial charge is 0.493 e. The zero-order chi connectivity index (χ0) is 17.1. The first-order valence-electron chi connectivity index (χ1n) is 7.74. The molecule has 2 aromatic carbocycles. The molecule has 0 aliphatic heterocycles. The van der Waals surface area contributed by atoms with E-state index < -0.39 is 0 Å². The fraction of sp³-hybridized carbons (Fsp3) is 0.211. The summed E-state index contributed by atoms with van der Waals surface area (Å²) < 4.78 is 11.9. The molecule has 0 saturated carbocycles. The van der Waals surface area contributed by atoms with Crippen LogP contribution in [0.15, 0.2) is 42.5 Å². The number of thiophene rings is 1. The van der Waals surface area contributed by atoms with E-state index in [4.69, 9.17) is 9.47 Å². The smallest absolute Gasteiger partial charge is 0.266 e. The Morgan fingerprint density at radius 3 is 2.67 bits per heavy atom. The molecule has 0 unspecified atom stereocenters. The molecule has 1 aromatic heterocycles. The molecule has 24 heavy (non-hydrogen) atoms. The predicted molar refractivity (Wildman–Crippen MR) is 98.7 cm³/mol. The van der Waals surface area contributed by atoms with Gasteiger partial charge in [-0.1, -0.05) is 18.2 Å². The fourth-order valence-electron chi connectivity index (χ4n) is 2.60. The number of methoxy groups -OCH3 is 1. The van der Waals surface area contributed by atoms with Crippen molar-refractivity contribution in [3.8, 4) is 11.5 Å². The number of anilines is 1. The second-order valence-electron chi connectivity index (χ2n) is 5.31. The molecule has 0 spiro atoms. The summed E-state index contributed by atoms with van der Waals surface area (Å²) in [6.07, 6.45) is 0. The van der Waals surface area contributed by atoms with E-state index in [2.05, 4.69) is 5.32 Å². The number of benzene rings is 2. The van der Waals surface area contributed by atoms with Crippen molar-refractivity contribution in [1.82, 2.24) is 0 Å². The number of carbonyl (C=O) groups is 1. The number of hydrogen-bond acceptors (Lipinski definition) is 4. The van der Waals surface area contributed by atoms with Crippen molar-refractivity contribution in [2.75, 3.05) is 19.0 Å². The molecule has 0 radical (unpaired) electrons. The van der Waals surface area contributed by atoms with Crippen molar-refractivity contribution in [1.29, 1.82) is 0 Å². The van der Waals surface area contributed by atoms with E-state index in [-0.39, 0.29) is 5.91 Å². The third-order valence-corrected chi connectivity index (χ3v) is 5.04. The fourth-order valence-corrected chi connectivity index (χ4v) is 3.70. The standard InChI is InChI=1S/C19H19NO3S/c1-4-23-15-10-9-13(11-16(15)22-3)20-19(21)18-12(2)14-7-5-6-8-17(14)24-18/h5-11H,4H2,1-3H3,(H,20,21). The van der Waals surface area contributed by atoms with E-state index in [0.29, 0.717) is 23.8 Å². The van der Waals surface area contributed by atoms with Crippen LogP contribution in [0.3, 0.4) is 0 Å². The van der Waals surface area contributed by atoms with Gasteiger partial charge in [0.1, 0.15) is 0 Å². The molecule has 0 atom stereocenters. The van der Waals surface area contributed by atoms with Gasteiger partial charge in [0.05, 0.1) is 18.6 Å². The second kappa shape index (κ2) is 6.93. The van der Waals surface area contributed by atoms with Crippen LogP contribution in [0.25, 0.3) is 10.1 Å². The Morgan fingerprint density at radius 2 is 1.96 bits per heavy atom. The third kappa shape index (κ3) is 3.08. The minimum Gasteiger partial charge on any atom is -0.493 e. The van der Waals surface area contributed by atoms with Gasteiger partial charge in [0.15, 0.2) is 11.5 Å². The van der Waals surface area contributed by atoms with Crippen molar-refractivity contribution >= 4 is 33.0 Å². The van der Waals surface area contributed by atoms with E-state index in [1.807, 2.05) is 44.2 Å². The van der Waals surface area contributed by atoms with Gasteiger partial charge in [0.2, 0.25) is 0 Å². The Hall–Kier alpha value is -2.53. The molecule has 4 nitrogen and oxygen atoms in total. The first-order chi connectivity index (χ1) is 11.6. The Balaban J connectivity index is 1.87. The average molecular weight is 341 g/mol. The third-order valence-electron chi connectivity index (χ3n) is 3.77. The highest BCUT2D eigenvalue weighted by atomic mass is 32.1. The topological polar surface area (TPSA) is 47.6 Å². The van der Waals surface area contributed by atoms with Crippen molar-refractivity contribution in [2.24, 2.45) is 0 Å². The highest BCUT2D eigenvalue weighted by Crippen LogP contribution is 2.33. The number of carbonyl (C=O) groups excluding carboxylic acids is 1. The summed E-state index contributed by atoms with van der Waals surface area (Å²) >= 11 is 1.50. The van der Waals surface area contributed by atoms with E-state index in [9.17, 15) is 4.79 Å². The SMILES string of the molecule is CCOc1ccc(NC(=O)c2sc3ccccc3c2C)cc1OC. The maximum absolute atomic E-state index is 12.6. The van der Waals surface area contributed by atoms with Crippen LogP contribution in [0.4, 0.5) is 5.69 Å². The molecule has 0 fully saturated rings. The summed E-state index contributed by atoms with van der Waals surface area (Å²) in [7, 11) is 1.58. The Morgan fingerprint density at radius 1 is 1.17 bits per heavy atom. The maximum Gasteiger partial charge on any atom is 0.266 e. The number of ether oxygens (including phenoxy) is 2. The lowest BCUT2D eigenvalue weighted by atomic mass is 10.1. The molecule has 0 bridgehead atoms. The van der Waals surface area contributed by atoms with Gasteiger partial charge >= 0.3 is 0 Å². The van der Waals surface area contributed by atoms with E-state index >= 15 is 0 Å². The van der Waals surface area contributed by atoms with Gasteiger partial charge in [-0.05, 0) is 43.0 Å². The Bertz CT molecular complexity index is 885. The molecule has 5 heteroatoms. The summed E-state index contributed by atoms with van der Waals surface area (Å²) in [5, 5.41) is 4.06. The lowest BCUT2D eigenvalue weighted by Gasteiger charge is -2.11. The highest BCUT2D eigenvalue weighted by molar-refractivity contribution is 7.21. The van der Waals surface area contributed by atoms with Crippen LogP contribution in [-0.4, -0.2) is 19.6 Å². The Labute approximate surface area is 145 Å². The van der Waals surface area contributed by atoms with Crippen LogP contribution in [-0.2, 0) is 0 Å². The predicted octanol–water partition coefficient (Wildman–Crippen LogP) is 4.87. The van der Waals surface area contributed by atoms with Crippen molar-refractivity contribution in [2.45, 2.75) is 13.8 Å². The van der Waals surface area contributed by atoms with Crippen LogP contribution >= 0.6 is 11.3 Å². The lowest BCUT2D eigenvalue weighted by Crippen LogP contribution is -2.11. The quantitative estimate of drug-likeness (QED) is 0.720. The summed E-state index contributed by atoms with van der Waals surface area (Å²) in [4.78, 5) is 13.4. The van der Waals surface area contributed by atoms with E-state index in [0.717, 1.165) is 20.5 Å². The van der Waals surface area contributed by atoms with Crippen LogP contribution in [0, 0.1) is 6.92 Å². The van der Waals surface area contributed by atoms with Crippen LogP contribution in [0.1, 0.15) is 22.2 Å². The monoisotopic (exact) mass is 341 g/mol. The highest BCUT2D eigenvalue weighted by Gasteiger charge is 2.16. The first-order valence-corrected chi connectivity index (χ1v) is 8.56. The van der Waals surface area contributed by atoms with Gasteiger partial charge < -0.3 is 14.8 Å². The van der Waals surface area contributed by atoms with Crippen LogP contribution in [0.5, 0.6) is 11.5 Å². The van der Waals surface area contributed by atoms with E-state index in [1.165, 1.54) is 11.3 Å². The zero-order valence-corrected chi connectivity index (χ0v) is 14.7.